The van der Waals surface area contributed by atoms with Crippen LogP contribution in [0, 0.1) is 0 Å². The van der Waals surface area contributed by atoms with Gasteiger partial charge in [0.25, 0.3) is 0 Å². The second kappa shape index (κ2) is 11.7. The van der Waals surface area contributed by atoms with Gasteiger partial charge in [-0.1, -0.05) is 19.3 Å². The highest BCUT2D eigenvalue weighted by atomic mass is 127. The maximum absolute atomic E-state index is 5.48. The molecule has 2 heterocycles. The molecule has 2 aliphatic heterocycles. The lowest BCUT2D eigenvalue weighted by Crippen LogP contribution is -2.47. The summed E-state index contributed by atoms with van der Waals surface area (Å²) in [4.78, 5) is 12.1. The molecular formula is C19H38IN5O. The average molecular weight is 479 g/mol. The third-order valence-corrected chi connectivity index (χ3v) is 6.18. The molecule has 7 heteroatoms. The lowest BCUT2D eigenvalue weighted by Gasteiger charge is -2.33. The molecule has 1 aliphatic carbocycles. The van der Waals surface area contributed by atoms with E-state index in [1.165, 1.54) is 38.5 Å². The van der Waals surface area contributed by atoms with E-state index in [2.05, 4.69) is 32.1 Å². The zero-order valence-electron chi connectivity index (χ0n) is 16.7. The monoisotopic (exact) mass is 479 g/mol. The highest BCUT2D eigenvalue weighted by Crippen LogP contribution is 2.21. The summed E-state index contributed by atoms with van der Waals surface area (Å²) < 4.78 is 5.48. The molecule has 0 aromatic heterocycles. The number of nitrogens with one attached hydrogen (secondary N) is 1. The number of hydrogen-bond donors (Lipinski definition) is 1. The number of morpholine rings is 1. The van der Waals surface area contributed by atoms with Gasteiger partial charge in [0.1, 0.15) is 0 Å². The Labute approximate surface area is 176 Å². The van der Waals surface area contributed by atoms with E-state index in [4.69, 9.17) is 4.74 Å². The van der Waals surface area contributed by atoms with E-state index in [1.54, 1.807) is 0 Å². The van der Waals surface area contributed by atoms with Gasteiger partial charge >= 0.3 is 0 Å². The summed E-state index contributed by atoms with van der Waals surface area (Å²) in [6.45, 7) is 8.22. The van der Waals surface area contributed by atoms with E-state index < -0.39 is 0 Å². The number of nitrogens with zero attached hydrogens (tertiary/aromatic N) is 4. The van der Waals surface area contributed by atoms with Crippen LogP contribution < -0.4 is 5.32 Å². The molecule has 0 radical (unpaired) electrons. The standard InChI is InChI=1S/C19H37N5O.HI/c1-20-19(21-9-11-22(2)17-6-4-3-5-7-17)24-10-8-18(16-24)23-12-14-25-15-13-23;/h17-18H,3-16H2,1-2H3,(H,20,21);1H. The molecule has 0 bridgehead atoms. The largest absolute Gasteiger partial charge is 0.379 e. The van der Waals surface area contributed by atoms with E-state index in [-0.39, 0.29) is 24.0 Å². The molecule has 0 amide bonds. The Hall–Kier alpha value is -0.120. The topological polar surface area (TPSA) is 43.3 Å². The van der Waals surface area contributed by atoms with E-state index in [0.717, 1.165) is 64.5 Å². The molecule has 3 aliphatic rings. The fourth-order valence-electron chi connectivity index (χ4n) is 4.56. The maximum Gasteiger partial charge on any atom is 0.193 e. The van der Waals surface area contributed by atoms with Crippen LogP contribution >= 0.6 is 24.0 Å². The number of halogens is 1. The molecule has 0 spiro atoms. The molecule has 1 N–H and O–H groups in total. The second-order valence-electron chi connectivity index (χ2n) is 7.78. The number of likely N-dealkylation sites (tertiary alicyclic amines) is 1. The SMILES string of the molecule is CN=C(NCCN(C)C1CCCCC1)N1CCC(N2CCOCC2)C1.I. The zero-order chi connectivity index (χ0) is 17.5. The van der Waals surface area contributed by atoms with Gasteiger partial charge in [0.2, 0.25) is 0 Å². The number of guanidine groups is 1. The molecule has 0 aromatic carbocycles. The first-order valence-electron chi connectivity index (χ1n) is 10.3. The zero-order valence-corrected chi connectivity index (χ0v) is 19.0. The van der Waals surface area contributed by atoms with Crippen molar-refractivity contribution in [3.8, 4) is 0 Å². The molecule has 3 rings (SSSR count). The lowest BCUT2D eigenvalue weighted by molar-refractivity contribution is 0.0195. The minimum atomic E-state index is 0. The Morgan fingerprint density at radius 2 is 1.85 bits per heavy atom. The van der Waals surface area contributed by atoms with Crippen LogP contribution in [-0.4, -0.2) is 99.3 Å². The summed E-state index contributed by atoms with van der Waals surface area (Å²) >= 11 is 0. The third-order valence-electron chi connectivity index (χ3n) is 6.18. The van der Waals surface area contributed by atoms with Gasteiger partial charge in [-0.15, -0.1) is 24.0 Å². The fraction of sp³-hybridized carbons (Fsp3) is 0.947. The first kappa shape index (κ1) is 22.2. The molecule has 0 aromatic rings. The van der Waals surface area contributed by atoms with Gasteiger partial charge < -0.3 is 19.9 Å². The Kier molecular flexibility index (Phi) is 9.94. The van der Waals surface area contributed by atoms with Crippen molar-refractivity contribution in [1.29, 1.82) is 0 Å². The van der Waals surface area contributed by atoms with E-state index in [1.807, 2.05) is 7.05 Å². The number of rotatable bonds is 5. The van der Waals surface area contributed by atoms with Gasteiger partial charge in [0.05, 0.1) is 13.2 Å². The van der Waals surface area contributed by atoms with Crippen LogP contribution in [0.4, 0.5) is 0 Å². The van der Waals surface area contributed by atoms with Crippen LogP contribution in [0.2, 0.25) is 0 Å². The van der Waals surface area contributed by atoms with Crippen molar-refractivity contribution in [2.75, 3.05) is 66.6 Å². The normalized spacial score (nSPS) is 26.2. The van der Waals surface area contributed by atoms with Gasteiger partial charge in [-0.2, -0.15) is 0 Å². The quantitative estimate of drug-likeness (QED) is 0.371. The van der Waals surface area contributed by atoms with Crippen LogP contribution in [-0.2, 0) is 4.74 Å². The van der Waals surface area contributed by atoms with Crippen LogP contribution in [0.25, 0.3) is 0 Å². The number of aliphatic imine (C=N–C) groups is 1. The second-order valence-corrected chi connectivity index (χ2v) is 7.78. The van der Waals surface area contributed by atoms with Crippen LogP contribution in [0.1, 0.15) is 38.5 Å². The molecule has 26 heavy (non-hydrogen) atoms. The van der Waals surface area contributed by atoms with Crippen molar-refractivity contribution in [1.82, 2.24) is 20.0 Å². The van der Waals surface area contributed by atoms with Crippen LogP contribution in [0.3, 0.4) is 0 Å². The van der Waals surface area contributed by atoms with Gasteiger partial charge in [-0.05, 0) is 26.3 Å². The third kappa shape index (κ3) is 6.21. The molecule has 6 nitrogen and oxygen atoms in total. The van der Waals surface area contributed by atoms with Crippen LogP contribution in [0.5, 0.6) is 0 Å². The van der Waals surface area contributed by atoms with Crippen molar-refractivity contribution in [2.24, 2.45) is 4.99 Å². The fourth-order valence-corrected chi connectivity index (χ4v) is 4.56. The highest BCUT2D eigenvalue weighted by molar-refractivity contribution is 14.0. The molecule has 3 fully saturated rings. The van der Waals surface area contributed by atoms with Crippen molar-refractivity contribution in [3.05, 3.63) is 0 Å². The molecule has 1 atom stereocenters. The molecule has 2 saturated heterocycles. The van der Waals surface area contributed by atoms with Crippen molar-refractivity contribution >= 4 is 29.9 Å². The summed E-state index contributed by atoms with van der Waals surface area (Å²) in [5.41, 5.74) is 0. The van der Waals surface area contributed by atoms with Crippen molar-refractivity contribution in [3.63, 3.8) is 0 Å². The summed E-state index contributed by atoms with van der Waals surface area (Å²) in [6.07, 6.45) is 8.22. The smallest absolute Gasteiger partial charge is 0.193 e. The Morgan fingerprint density at radius 1 is 1.12 bits per heavy atom. The van der Waals surface area contributed by atoms with Gasteiger partial charge in [-0.25, -0.2) is 0 Å². The molecule has 1 saturated carbocycles. The predicted molar refractivity (Wildman–Crippen MR) is 119 cm³/mol. The van der Waals surface area contributed by atoms with Gasteiger partial charge in [-0.3, -0.25) is 9.89 Å². The van der Waals surface area contributed by atoms with Gasteiger partial charge in [0.15, 0.2) is 5.96 Å². The van der Waals surface area contributed by atoms with Crippen molar-refractivity contribution in [2.45, 2.75) is 50.6 Å². The number of ether oxygens (including phenoxy) is 1. The summed E-state index contributed by atoms with van der Waals surface area (Å²) in [5.74, 6) is 1.08. The maximum atomic E-state index is 5.48. The number of likely N-dealkylation sites (N-methyl/N-ethyl adjacent to an activating group) is 1. The Balaban J connectivity index is 0.00000243. The number of hydrogen-bond acceptors (Lipinski definition) is 4. The summed E-state index contributed by atoms with van der Waals surface area (Å²) in [7, 11) is 4.19. The minimum Gasteiger partial charge on any atom is -0.379 e. The first-order chi connectivity index (χ1) is 12.3. The summed E-state index contributed by atoms with van der Waals surface area (Å²) in [5, 5.41) is 3.60. The first-order valence-corrected chi connectivity index (χ1v) is 10.3. The van der Waals surface area contributed by atoms with E-state index in [9.17, 15) is 0 Å². The summed E-state index contributed by atoms with van der Waals surface area (Å²) in [6, 6.07) is 1.45. The molecule has 1 unspecified atom stereocenters. The average Bonchev–Trinajstić information content (AvgIpc) is 3.16. The van der Waals surface area contributed by atoms with E-state index in [0.29, 0.717) is 6.04 Å². The minimum absolute atomic E-state index is 0. The Bertz CT molecular complexity index is 424. The van der Waals surface area contributed by atoms with E-state index >= 15 is 0 Å². The predicted octanol–water partition coefficient (Wildman–Crippen LogP) is 1.85. The van der Waals surface area contributed by atoms with Crippen molar-refractivity contribution < 1.29 is 4.74 Å². The van der Waals surface area contributed by atoms with Crippen LogP contribution in [0.15, 0.2) is 4.99 Å². The lowest BCUT2D eigenvalue weighted by atomic mass is 9.94. The molecular weight excluding hydrogens is 441 g/mol. The highest BCUT2D eigenvalue weighted by Gasteiger charge is 2.30. The Morgan fingerprint density at radius 3 is 2.54 bits per heavy atom. The van der Waals surface area contributed by atoms with Gasteiger partial charge in [0, 0.05) is 58.4 Å². The molecule has 152 valence electrons.